The number of rotatable bonds is 5. The monoisotopic (exact) mass is 253 g/mol. The van der Waals surface area contributed by atoms with Gasteiger partial charge in [0.1, 0.15) is 6.61 Å². The molecule has 0 fully saturated rings. The zero-order valence-corrected chi connectivity index (χ0v) is 10.5. The van der Waals surface area contributed by atoms with E-state index in [4.69, 9.17) is 9.84 Å². The van der Waals surface area contributed by atoms with Gasteiger partial charge in [-0.25, -0.2) is 0 Å². The molecule has 0 heterocycles. The van der Waals surface area contributed by atoms with Crippen molar-refractivity contribution in [3.63, 3.8) is 0 Å². The number of aliphatic carboxylic acids is 1. The van der Waals surface area contributed by atoms with Gasteiger partial charge in [-0.1, -0.05) is 12.1 Å². The number of nitrogens with zero attached hydrogens (tertiary/aromatic N) is 1. The molecule has 1 aromatic carbocycles. The fourth-order valence-electron chi connectivity index (χ4n) is 1.28. The van der Waals surface area contributed by atoms with Crippen LogP contribution in [-0.2, 0) is 4.79 Å². The van der Waals surface area contributed by atoms with Crippen LogP contribution in [0.15, 0.2) is 18.2 Å². The predicted octanol–water partition coefficient (Wildman–Crippen LogP) is 2.39. The van der Waals surface area contributed by atoms with Gasteiger partial charge >= 0.3 is 11.7 Å². The third-order valence-corrected chi connectivity index (χ3v) is 2.54. The smallest absolute Gasteiger partial charge is 0.312 e. The molecule has 0 atom stereocenters. The van der Waals surface area contributed by atoms with Gasteiger partial charge in [-0.05, 0) is 26.3 Å². The number of aryl methyl sites for hydroxylation is 1. The Bertz CT molecular complexity index is 481. The minimum atomic E-state index is -1.10. The molecule has 0 aliphatic carbocycles. The average Bonchev–Trinajstić information content (AvgIpc) is 2.26. The Labute approximate surface area is 104 Å². The van der Waals surface area contributed by atoms with E-state index in [1.807, 2.05) is 0 Å². The summed E-state index contributed by atoms with van der Waals surface area (Å²) in [7, 11) is 0. The van der Waals surface area contributed by atoms with E-state index in [1.165, 1.54) is 19.9 Å². The van der Waals surface area contributed by atoms with Crippen molar-refractivity contribution in [2.45, 2.75) is 20.8 Å². The molecule has 1 aromatic rings. The second-order valence-electron chi connectivity index (χ2n) is 4.66. The summed E-state index contributed by atoms with van der Waals surface area (Å²) in [5.74, 6) is -0.893. The Balaban J connectivity index is 2.98. The highest BCUT2D eigenvalue weighted by atomic mass is 16.6. The Morgan fingerprint density at radius 1 is 1.50 bits per heavy atom. The molecule has 0 amide bonds. The van der Waals surface area contributed by atoms with E-state index >= 15 is 0 Å². The lowest BCUT2D eigenvalue weighted by Gasteiger charge is -2.20. The van der Waals surface area contributed by atoms with Gasteiger partial charge in [-0.2, -0.15) is 0 Å². The maximum Gasteiger partial charge on any atom is 0.312 e. The molecule has 0 radical (unpaired) electrons. The van der Waals surface area contributed by atoms with Crippen molar-refractivity contribution < 1.29 is 19.6 Å². The number of benzene rings is 1. The highest BCUT2D eigenvalue weighted by Gasteiger charge is 2.29. The SMILES string of the molecule is Cc1cccc([N+](=O)[O-])c1OCC(C)(C)C(=O)O. The molecule has 0 spiro atoms. The number of nitro groups is 1. The van der Waals surface area contributed by atoms with Crippen LogP contribution in [0.25, 0.3) is 0 Å². The molecule has 0 aliphatic rings. The lowest BCUT2D eigenvalue weighted by atomic mass is 9.95. The van der Waals surface area contributed by atoms with E-state index in [0.29, 0.717) is 5.56 Å². The number of hydrogen-bond acceptors (Lipinski definition) is 4. The Kier molecular flexibility index (Phi) is 3.90. The van der Waals surface area contributed by atoms with Gasteiger partial charge < -0.3 is 9.84 Å². The van der Waals surface area contributed by atoms with Crippen LogP contribution in [-0.4, -0.2) is 22.6 Å². The molecule has 0 aromatic heterocycles. The predicted molar refractivity (Wildman–Crippen MR) is 64.7 cm³/mol. The van der Waals surface area contributed by atoms with Crippen molar-refractivity contribution in [2.24, 2.45) is 5.41 Å². The summed E-state index contributed by atoms with van der Waals surface area (Å²) in [5.41, 5.74) is -0.655. The van der Waals surface area contributed by atoms with E-state index in [9.17, 15) is 14.9 Å². The van der Waals surface area contributed by atoms with Gasteiger partial charge in [-0.3, -0.25) is 14.9 Å². The molecule has 98 valence electrons. The zero-order chi connectivity index (χ0) is 13.9. The number of para-hydroxylation sites is 1. The van der Waals surface area contributed by atoms with Gasteiger partial charge in [0.15, 0.2) is 5.75 Å². The first-order valence-corrected chi connectivity index (χ1v) is 5.36. The first kappa shape index (κ1) is 14.0. The number of nitro benzene ring substituents is 1. The number of carboxylic acids is 1. The lowest BCUT2D eigenvalue weighted by molar-refractivity contribution is -0.386. The average molecular weight is 253 g/mol. The molecular weight excluding hydrogens is 238 g/mol. The van der Waals surface area contributed by atoms with Crippen LogP contribution >= 0.6 is 0 Å². The van der Waals surface area contributed by atoms with Crippen LogP contribution in [0.1, 0.15) is 19.4 Å². The molecule has 0 saturated carbocycles. The molecule has 6 nitrogen and oxygen atoms in total. The summed E-state index contributed by atoms with van der Waals surface area (Å²) in [4.78, 5) is 21.2. The van der Waals surface area contributed by atoms with Crippen molar-refractivity contribution in [2.75, 3.05) is 6.61 Å². The zero-order valence-electron chi connectivity index (χ0n) is 10.5. The van der Waals surface area contributed by atoms with Gasteiger partial charge in [0.2, 0.25) is 0 Å². The van der Waals surface area contributed by atoms with E-state index in [2.05, 4.69) is 0 Å². The van der Waals surface area contributed by atoms with Crippen LogP contribution < -0.4 is 4.74 Å². The molecule has 0 unspecified atom stereocenters. The summed E-state index contributed by atoms with van der Waals surface area (Å²) in [6.07, 6.45) is 0. The number of carboxylic acid groups (broad SMARTS) is 1. The topological polar surface area (TPSA) is 89.7 Å². The molecule has 0 saturated heterocycles. The Morgan fingerprint density at radius 2 is 2.11 bits per heavy atom. The summed E-state index contributed by atoms with van der Waals surface area (Å²) >= 11 is 0. The highest BCUT2D eigenvalue weighted by molar-refractivity contribution is 5.73. The normalized spacial score (nSPS) is 11.1. The van der Waals surface area contributed by atoms with Crippen LogP contribution in [0.2, 0.25) is 0 Å². The number of ether oxygens (including phenoxy) is 1. The second-order valence-corrected chi connectivity index (χ2v) is 4.66. The molecule has 18 heavy (non-hydrogen) atoms. The first-order chi connectivity index (χ1) is 8.25. The third-order valence-electron chi connectivity index (χ3n) is 2.54. The fraction of sp³-hybridized carbons (Fsp3) is 0.417. The van der Waals surface area contributed by atoms with Crippen molar-refractivity contribution in [1.29, 1.82) is 0 Å². The Hall–Kier alpha value is -2.11. The first-order valence-electron chi connectivity index (χ1n) is 5.36. The van der Waals surface area contributed by atoms with E-state index in [0.717, 1.165) is 0 Å². The van der Waals surface area contributed by atoms with Gasteiger partial charge in [0.05, 0.1) is 10.3 Å². The van der Waals surface area contributed by atoms with Crippen molar-refractivity contribution in [3.8, 4) is 5.75 Å². The van der Waals surface area contributed by atoms with Gasteiger partial charge in [0.25, 0.3) is 0 Å². The lowest BCUT2D eigenvalue weighted by Crippen LogP contribution is -2.30. The molecule has 1 rings (SSSR count). The highest BCUT2D eigenvalue weighted by Crippen LogP contribution is 2.31. The van der Waals surface area contributed by atoms with Gasteiger partial charge in [-0.15, -0.1) is 0 Å². The van der Waals surface area contributed by atoms with Crippen LogP contribution in [0.4, 0.5) is 5.69 Å². The van der Waals surface area contributed by atoms with E-state index < -0.39 is 16.3 Å². The largest absolute Gasteiger partial charge is 0.485 e. The standard InChI is InChI=1S/C12H15NO5/c1-8-5-4-6-9(13(16)17)10(8)18-7-12(2,3)11(14)15/h4-6H,7H2,1-3H3,(H,14,15). The van der Waals surface area contributed by atoms with Crippen LogP contribution in [0, 0.1) is 22.5 Å². The fourth-order valence-corrected chi connectivity index (χ4v) is 1.28. The maximum atomic E-state index is 10.9. The van der Waals surface area contributed by atoms with Crippen LogP contribution in [0.5, 0.6) is 5.75 Å². The molecule has 1 N–H and O–H groups in total. The van der Waals surface area contributed by atoms with Crippen molar-refractivity contribution >= 4 is 11.7 Å². The van der Waals surface area contributed by atoms with E-state index in [-0.39, 0.29) is 18.0 Å². The van der Waals surface area contributed by atoms with Crippen LogP contribution in [0.3, 0.4) is 0 Å². The minimum absolute atomic E-state index is 0.122. The molecule has 0 aliphatic heterocycles. The Morgan fingerprint density at radius 3 is 2.61 bits per heavy atom. The van der Waals surface area contributed by atoms with E-state index in [1.54, 1.807) is 19.1 Å². The molecule has 6 heteroatoms. The summed E-state index contributed by atoms with van der Waals surface area (Å²) in [6.45, 7) is 4.54. The number of carbonyl (C=O) groups is 1. The molecular formula is C12H15NO5. The van der Waals surface area contributed by atoms with Gasteiger partial charge in [0, 0.05) is 6.07 Å². The maximum absolute atomic E-state index is 10.9. The quantitative estimate of drug-likeness (QED) is 0.642. The van der Waals surface area contributed by atoms with Crippen molar-refractivity contribution in [3.05, 3.63) is 33.9 Å². The van der Waals surface area contributed by atoms with Crippen molar-refractivity contribution in [1.82, 2.24) is 0 Å². The summed E-state index contributed by atoms with van der Waals surface area (Å²) in [5, 5.41) is 19.8. The summed E-state index contributed by atoms with van der Waals surface area (Å²) in [6, 6.07) is 4.56. The minimum Gasteiger partial charge on any atom is -0.485 e. The second kappa shape index (κ2) is 5.03. The molecule has 0 bridgehead atoms. The third kappa shape index (κ3) is 2.97. The number of hydrogen-bond donors (Lipinski definition) is 1. The summed E-state index contributed by atoms with van der Waals surface area (Å²) < 4.78 is 5.33.